The molecule has 5 nitrogen and oxygen atoms in total. The van der Waals surface area contributed by atoms with Crippen molar-refractivity contribution in [2.75, 3.05) is 7.11 Å². The minimum Gasteiger partial charge on any atom is -0.494 e. The van der Waals surface area contributed by atoms with Gasteiger partial charge in [-0.05, 0) is 28.9 Å². The predicted molar refractivity (Wildman–Crippen MR) is 55.1 cm³/mol. The number of methoxy groups -OCH3 is 1. The predicted octanol–water partition coefficient (Wildman–Crippen LogP) is 2.19. The van der Waals surface area contributed by atoms with Crippen molar-refractivity contribution in [2.45, 2.75) is 0 Å². The standard InChI is InChI=1S/C10H9NO4/c1-15-9-6-7(3-5-10(12)13)2-4-8(9)11-14/h2-6H,1H3,(H,12,13)/b5-3+. The van der Waals surface area contributed by atoms with Crippen LogP contribution in [0.25, 0.3) is 6.08 Å². The molecule has 78 valence electrons. The lowest BCUT2D eigenvalue weighted by molar-refractivity contribution is -0.131. The molecule has 0 amide bonds. The van der Waals surface area contributed by atoms with Crippen molar-refractivity contribution in [3.8, 4) is 5.75 Å². The Labute approximate surface area is 86.0 Å². The van der Waals surface area contributed by atoms with Gasteiger partial charge in [-0.2, -0.15) is 0 Å². The lowest BCUT2D eigenvalue weighted by Crippen LogP contribution is -1.87. The van der Waals surface area contributed by atoms with Crippen LogP contribution in [-0.4, -0.2) is 18.2 Å². The number of hydrogen-bond donors (Lipinski definition) is 1. The second-order valence-corrected chi connectivity index (χ2v) is 2.69. The molecule has 0 spiro atoms. The summed E-state index contributed by atoms with van der Waals surface area (Å²) in [5.41, 5.74) is 0.812. The van der Waals surface area contributed by atoms with E-state index in [1.807, 2.05) is 0 Å². The first-order valence-electron chi connectivity index (χ1n) is 4.10. The van der Waals surface area contributed by atoms with Crippen LogP contribution in [0.1, 0.15) is 5.56 Å². The highest BCUT2D eigenvalue weighted by Crippen LogP contribution is 2.28. The van der Waals surface area contributed by atoms with E-state index in [9.17, 15) is 9.70 Å². The van der Waals surface area contributed by atoms with Gasteiger partial charge < -0.3 is 9.84 Å². The summed E-state index contributed by atoms with van der Waals surface area (Å²) < 4.78 is 4.91. The second-order valence-electron chi connectivity index (χ2n) is 2.69. The van der Waals surface area contributed by atoms with Gasteiger partial charge in [0.15, 0.2) is 0 Å². The molecule has 0 atom stereocenters. The Morgan fingerprint density at radius 1 is 1.53 bits per heavy atom. The monoisotopic (exact) mass is 207 g/mol. The fourth-order valence-corrected chi connectivity index (χ4v) is 1.04. The van der Waals surface area contributed by atoms with Gasteiger partial charge in [0.05, 0.1) is 7.11 Å². The highest BCUT2D eigenvalue weighted by molar-refractivity contribution is 5.85. The number of nitroso groups, excluding NO2 is 1. The maximum atomic E-state index is 10.3. The van der Waals surface area contributed by atoms with E-state index in [4.69, 9.17) is 9.84 Å². The summed E-state index contributed by atoms with van der Waals surface area (Å²) in [7, 11) is 1.41. The van der Waals surface area contributed by atoms with Crippen molar-refractivity contribution in [3.63, 3.8) is 0 Å². The SMILES string of the molecule is COc1cc(/C=C/C(=O)O)ccc1N=O. The fraction of sp³-hybridized carbons (Fsp3) is 0.100. The molecule has 1 aromatic rings. The summed E-state index contributed by atoms with van der Waals surface area (Å²) in [4.78, 5) is 20.6. The lowest BCUT2D eigenvalue weighted by Gasteiger charge is -2.02. The number of rotatable bonds is 4. The normalized spacial score (nSPS) is 10.2. The molecule has 0 unspecified atom stereocenters. The summed E-state index contributed by atoms with van der Waals surface area (Å²) in [5, 5.41) is 11.2. The van der Waals surface area contributed by atoms with Gasteiger partial charge in [-0.1, -0.05) is 6.07 Å². The highest BCUT2D eigenvalue weighted by atomic mass is 16.5. The Kier molecular flexibility index (Phi) is 3.56. The van der Waals surface area contributed by atoms with E-state index in [1.54, 1.807) is 6.07 Å². The fourth-order valence-electron chi connectivity index (χ4n) is 1.04. The van der Waals surface area contributed by atoms with Crippen molar-refractivity contribution in [1.82, 2.24) is 0 Å². The van der Waals surface area contributed by atoms with Crippen molar-refractivity contribution in [1.29, 1.82) is 0 Å². The third-order valence-corrected chi connectivity index (χ3v) is 1.72. The average Bonchev–Trinajstić information content (AvgIpc) is 2.25. The minimum absolute atomic E-state index is 0.185. The molecule has 0 aliphatic rings. The van der Waals surface area contributed by atoms with Crippen molar-refractivity contribution < 1.29 is 14.6 Å². The molecule has 0 fully saturated rings. The Hall–Kier alpha value is -2.17. The average molecular weight is 207 g/mol. The van der Waals surface area contributed by atoms with Crippen LogP contribution >= 0.6 is 0 Å². The largest absolute Gasteiger partial charge is 0.494 e. The Morgan fingerprint density at radius 3 is 2.80 bits per heavy atom. The van der Waals surface area contributed by atoms with Gasteiger partial charge in [0, 0.05) is 6.08 Å². The quantitative estimate of drug-likeness (QED) is 0.606. The second kappa shape index (κ2) is 4.90. The highest BCUT2D eigenvalue weighted by Gasteiger charge is 2.02. The lowest BCUT2D eigenvalue weighted by atomic mass is 10.2. The van der Waals surface area contributed by atoms with E-state index in [2.05, 4.69) is 5.18 Å². The van der Waals surface area contributed by atoms with E-state index in [1.165, 1.54) is 25.3 Å². The molecule has 0 aromatic heterocycles. The number of carboxylic acid groups (broad SMARTS) is 1. The zero-order chi connectivity index (χ0) is 11.3. The number of aliphatic carboxylic acids is 1. The van der Waals surface area contributed by atoms with Gasteiger partial charge in [-0.25, -0.2) is 4.79 Å². The van der Waals surface area contributed by atoms with E-state index in [0.29, 0.717) is 11.3 Å². The van der Waals surface area contributed by atoms with Gasteiger partial charge >= 0.3 is 5.97 Å². The van der Waals surface area contributed by atoms with Crippen LogP contribution in [0.2, 0.25) is 0 Å². The molecule has 1 N–H and O–H groups in total. The number of hydrogen-bond acceptors (Lipinski definition) is 4. The number of benzene rings is 1. The van der Waals surface area contributed by atoms with Crippen LogP contribution in [0, 0.1) is 4.91 Å². The van der Waals surface area contributed by atoms with Gasteiger partial charge in [0.2, 0.25) is 0 Å². The number of nitrogens with zero attached hydrogens (tertiary/aromatic N) is 1. The molecule has 0 heterocycles. The molecule has 0 bridgehead atoms. The molecule has 0 saturated carbocycles. The number of carbonyl (C=O) groups is 1. The van der Waals surface area contributed by atoms with Crippen LogP contribution < -0.4 is 4.74 Å². The van der Waals surface area contributed by atoms with Crippen LogP contribution in [0.15, 0.2) is 29.5 Å². The molecular weight excluding hydrogens is 198 g/mol. The molecule has 0 aliphatic carbocycles. The van der Waals surface area contributed by atoms with Crippen LogP contribution in [-0.2, 0) is 4.79 Å². The molecule has 15 heavy (non-hydrogen) atoms. The smallest absolute Gasteiger partial charge is 0.328 e. The van der Waals surface area contributed by atoms with Crippen molar-refractivity contribution >= 4 is 17.7 Å². The van der Waals surface area contributed by atoms with E-state index in [-0.39, 0.29) is 5.69 Å². The summed E-state index contributed by atoms with van der Waals surface area (Å²) >= 11 is 0. The van der Waals surface area contributed by atoms with E-state index >= 15 is 0 Å². The van der Waals surface area contributed by atoms with Crippen LogP contribution in [0.5, 0.6) is 5.75 Å². The Bertz CT molecular complexity index is 412. The minimum atomic E-state index is -1.04. The van der Waals surface area contributed by atoms with Crippen molar-refractivity contribution in [2.24, 2.45) is 5.18 Å². The first-order valence-corrected chi connectivity index (χ1v) is 4.10. The van der Waals surface area contributed by atoms with Gasteiger partial charge in [-0.15, -0.1) is 4.91 Å². The molecule has 5 heteroatoms. The number of ether oxygens (including phenoxy) is 1. The maximum absolute atomic E-state index is 10.3. The molecule has 1 aromatic carbocycles. The summed E-state index contributed by atoms with van der Waals surface area (Å²) in [6.45, 7) is 0. The molecule has 0 aliphatic heterocycles. The zero-order valence-corrected chi connectivity index (χ0v) is 8.01. The summed E-state index contributed by atoms with van der Waals surface area (Å²) in [6.07, 6.45) is 2.40. The topological polar surface area (TPSA) is 76.0 Å². The first-order chi connectivity index (χ1) is 7.17. The first kappa shape index (κ1) is 10.9. The third kappa shape index (κ3) is 2.91. The van der Waals surface area contributed by atoms with E-state index in [0.717, 1.165) is 6.08 Å². The molecule has 0 radical (unpaired) electrons. The summed E-state index contributed by atoms with van der Waals surface area (Å²) in [5.74, 6) is -0.718. The van der Waals surface area contributed by atoms with Gasteiger partial charge in [0.1, 0.15) is 11.4 Å². The van der Waals surface area contributed by atoms with E-state index < -0.39 is 5.97 Å². The Morgan fingerprint density at radius 2 is 2.27 bits per heavy atom. The van der Waals surface area contributed by atoms with Crippen LogP contribution in [0.3, 0.4) is 0 Å². The molecule has 1 rings (SSSR count). The van der Waals surface area contributed by atoms with Crippen LogP contribution in [0.4, 0.5) is 5.69 Å². The summed E-state index contributed by atoms with van der Waals surface area (Å²) in [6, 6.07) is 4.59. The maximum Gasteiger partial charge on any atom is 0.328 e. The Balaban J connectivity index is 3.03. The number of carboxylic acids is 1. The third-order valence-electron chi connectivity index (χ3n) is 1.72. The van der Waals surface area contributed by atoms with Gasteiger partial charge in [-0.3, -0.25) is 0 Å². The van der Waals surface area contributed by atoms with Crippen molar-refractivity contribution in [3.05, 3.63) is 34.7 Å². The molecular formula is C10H9NO4. The molecule has 0 saturated heterocycles. The zero-order valence-electron chi connectivity index (χ0n) is 8.01. The van der Waals surface area contributed by atoms with Gasteiger partial charge in [0.25, 0.3) is 0 Å².